The molecule has 162 valence electrons. The second-order valence-corrected chi connectivity index (χ2v) is 7.93. The third-order valence-corrected chi connectivity index (χ3v) is 5.02. The predicted molar refractivity (Wildman–Crippen MR) is 116 cm³/mol. The van der Waals surface area contributed by atoms with Crippen molar-refractivity contribution in [2.75, 3.05) is 0 Å². The molecule has 0 fully saturated rings. The lowest BCUT2D eigenvalue weighted by molar-refractivity contribution is -0.124. The summed E-state index contributed by atoms with van der Waals surface area (Å²) < 4.78 is 18.4. The summed E-state index contributed by atoms with van der Waals surface area (Å²) >= 11 is 0. The smallest absolute Gasteiger partial charge is 0.274 e. The van der Waals surface area contributed by atoms with E-state index in [2.05, 4.69) is 15.8 Å². The first-order chi connectivity index (χ1) is 14.7. The highest BCUT2D eigenvalue weighted by Crippen LogP contribution is 2.25. The van der Waals surface area contributed by atoms with Gasteiger partial charge in [-0.25, -0.2) is 4.39 Å². The molecule has 7 heteroatoms. The maximum absolute atomic E-state index is 13.0. The van der Waals surface area contributed by atoms with Crippen LogP contribution in [0, 0.1) is 25.6 Å². The highest BCUT2D eigenvalue weighted by atomic mass is 19.1. The van der Waals surface area contributed by atoms with E-state index in [0.717, 1.165) is 22.3 Å². The Bertz CT molecular complexity index is 1070. The van der Waals surface area contributed by atoms with Crippen molar-refractivity contribution in [1.29, 1.82) is 0 Å². The first-order valence-corrected chi connectivity index (χ1v) is 10.1. The van der Waals surface area contributed by atoms with Gasteiger partial charge in [-0.3, -0.25) is 9.59 Å². The number of halogens is 1. The number of carbonyl (C=O) groups is 2. The van der Waals surface area contributed by atoms with Crippen LogP contribution in [0.2, 0.25) is 0 Å². The fourth-order valence-corrected chi connectivity index (χ4v) is 3.16. The third-order valence-electron chi connectivity index (χ3n) is 5.02. The molecule has 0 aliphatic carbocycles. The average Bonchev–Trinajstić information content (AvgIpc) is 3.23. The third kappa shape index (κ3) is 5.57. The lowest BCUT2D eigenvalue weighted by atomic mass is 10.0. The molecule has 2 amide bonds. The van der Waals surface area contributed by atoms with Crippen molar-refractivity contribution in [2.45, 2.75) is 40.3 Å². The SMILES string of the molecule is Cc1ccc(C)c(-c2cc(C(=O)NC(C(=O)NCc3ccc(F)cc3)C(C)C)no2)c1. The molecule has 31 heavy (non-hydrogen) atoms. The van der Waals surface area contributed by atoms with Crippen LogP contribution in [-0.4, -0.2) is 23.0 Å². The molecule has 1 heterocycles. The Morgan fingerprint density at radius 1 is 1.06 bits per heavy atom. The fourth-order valence-electron chi connectivity index (χ4n) is 3.16. The summed E-state index contributed by atoms with van der Waals surface area (Å²) in [5.74, 6) is -0.812. The normalized spacial score (nSPS) is 11.9. The van der Waals surface area contributed by atoms with E-state index in [0.29, 0.717) is 5.76 Å². The number of nitrogens with zero attached hydrogens (tertiary/aromatic N) is 1. The van der Waals surface area contributed by atoms with Gasteiger partial charge in [0.2, 0.25) is 5.91 Å². The number of aryl methyl sites for hydroxylation is 2. The number of amides is 2. The summed E-state index contributed by atoms with van der Waals surface area (Å²) in [4.78, 5) is 25.4. The Hall–Kier alpha value is -3.48. The van der Waals surface area contributed by atoms with Crippen molar-refractivity contribution in [3.8, 4) is 11.3 Å². The summed E-state index contributed by atoms with van der Waals surface area (Å²) in [5.41, 5.74) is 3.81. The minimum atomic E-state index is -0.756. The molecule has 2 N–H and O–H groups in total. The maximum Gasteiger partial charge on any atom is 0.274 e. The topological polar surface area (TPSA) is 84.2 Å². The van der Waals surface area contributed by atoms with Gasteiger partial charge in [0.1, 0.15) is 11.9 Å². The summed E-state index contributed by atoms with van der Waals surface area (Å²) in [5, 5.41) is 9.40. The largest absolute Gasteiger partial charge is 0.355 e. The lowest BCUT2D eigenvalue weighted by Crippen LogP contribution is -2.49. The first kappa shape index (κ1) is 22.2. The first-order valence-electron chi connectivity index (χ1n) is 10.1. The van der Waals surface area contributed by atoms with Gasteiger partial charge in [0.25, 0.3) is 5.91 Å². The second-order valence-electron chi connectivity index (χ2n) is 7.93. The molecule has 1 atom stereocenters. The van der Waals surface area contributed by atoms with E-state index in [4.69, 9.17) is 4.52 Å². The van der Waals surface area contributed by atoms with Gasteiger partial charge in [0.15, 0.2) is 11.5 Å². The maximum atomic E-state index is 13.0. The van der Waals surface area contributed by atoms with Gasteiger partial charge in [-0.15, -0.1) is 0 Å². The number of carbonyl (C=O) groups excluding carboxylic acids is 2. The average molecular weight is 423 g/mol. The zero-order chi connectivity index (χ0) is 22.5. The predicted octanol–water partition coefficient (Wildman–Crippen LogP) is 4.17. The van der Waals surface area contributed by atoms with E-state index in [-0.39, 0.29) is 29.9 Å². The van der Waals surface area contributed by atoms with Crippen LogP contribution < -0.4 is 10.6 Å². The zero-order valence-corrected chi connectivity index (χ0v) is 18.0. The molecule has 6 nitrogen and oxygen atoms in total. The van der Waals surface area contributed by atoms with Crippen LogP contribution in [0.15, 0.2) is 53.1 Å². The molecule has 0 bridgehead atoms. The van der Waals surface area contributed by atoms with Crippen molar-refractivity contribution >= 4 is 11.8 Å². The zero-order valence-electron chi connectivity index (χ0n) is 18.0. The van der Waals surface area contributed by atoms with E-state index >= 15 is 0 Å². The van der Waals surface area contributed by atoms with Gasteiger partial charge in [-0.1, -0.05) is 48.8 Å². The molecule has 2 aromatic carbocycles. The molecule has 3 rings (SSSR count). The second kappa shape index (κ2) is 9.55. The van der Waals surface area contributed by atoms with Gasteiger partial charge < -0.3 is 15.2 Å². The van der Waals surface area contributed by atoms with E-state index in [1.54, 1.807) is 18.2 Å². The highest BCUT2D eigenvalue weighted by Gasteiger charge is 2.26. The van der Waals surface area contributed by atoms with Crippen LogP contribution in [0.3, 0.4) is 0 Å². The van der Waals surface area contributed by atoms with Crippen LogP contribution in [0.1, 0.15) is 41.0 Å². The van der Waals surface area contributed by atoms with E-state index in [1.165, 1.54) is 12.1 Å². The quantitative estimate of drug-likeness (QED) is 0.597. The number of nitrogens with one attached hydrogen (secondary N) is 2. The molecule has 3 aromatic rings. The Kier molecular flexibility index (Phi) is 6.84. The molecular formula is C24H26FN3O3. The van der Waals surface area contributed by atoms with Crippen molar-refractivity contribution in [1.82, 2.24) is 15.8 Å². The van der Waals surface area contributed by atoms with Gasteiger partial charge in [-0.2, -0.15) is 0 Å². The molecule has 0 radical (unpaired) electrons. The van der Waals surface area contributed by atoms with Crippen molar-refractivity contribution in [3.63, 3.8) is 0 Å². The minimum absolute atomic E-state index is 0.105. The number of hydrogen-bond donors (Lipinski definition) is 2. The molecule has 1 unspecified atom stereocenters. The molecule has 0 aliphatic rings. The van der Waals surface area contributed by atoms with E-state index in [9.17, 15) is 14.0 Å². The molecular weight excluding hydrogens is 397 g/mol. The van der Waals surface area contributed by atoms with Gasteiger partial charge in [0, 0.05) is 18.2 Å². The monoisotopic (exact) mass is 423 g/mol. The number of hydrogen-bond acceptors (Lipinski definition) is 4. The van der Waals surface area contributed by atoms with Crippen molar-refractivity contribution in [3.05, 3.63) is 76.7 Å². The minimum Gasteiger partial charge on any atom is -0.355 e. The van der Waals surface area contributed by atoms with Crippen LogP contribution >= 0.6 is 0 Å². The summed E-state index contributed by atoms with van der Waals surface area (Å²) in [6.45, 7) is 7.85. The van der Waals surface area contributed by atoms with E-state index < -0.39 is 11.9 Å². The Morgan fingerprint density at radius 2 is 1.77 bits per heavy atom. The summed E-state index contributed by atoms with van der Waals surface area (Å²) in [7, 11) is 0. The van der Waals surface area contributed by atoms with Crippen LogP contribution in [0.25, 0.3) is 11.3 Å². The van der Waals surface area contributed by atoms with Crippen LogP contribution in [-0.2, 0) is 11.3 Å². The molecule has 0 spiro atoms. The Balaban J connectivity index is 1.68. The lowest BCUT2D eigenvalue weighted by Gasteiger charge is -2.21. The van der Waals surface area contributed by atoms with Gasteiger partial charge in [0.05, 0.1) is 0 Å². The van der Waals surface area contributed by atoms with E-state index in [1.807, 2.05) is 45.9 Å². The number of aromatic nitrogens is 1. The van der Waals surface area contributed by atoms with Gasteiger partial charge in [-0.05, 0) is 49.1 Å². The Morgan fingerprint density at radius 3 is 2.45 bits per heavy atom. The molecule has 1 aromatic heterocycles. The van der Waals surface area contributed by atoms with Crippen molar-refractivity contribution in [2.24, 2.45) is 5.92 Å². The summed E-state index contributed by atoms with van der Waals surface area (Å²) in [6, 6.07) is 12.6. The molecule has 0 aliphatic heterocycles. The molecule has 0 saturated heterocycles. The molecule has 0 saturated carbocycles. The summed E-state index contributed by atoms with van der Waals surface area (Å²) in [6.07, 6.45) is 0. The van der Waals surface area contributed by atoms with Crippen LogP contribution in [0.5, 0.6) is 0 Å². The number of rotatable bonds is 7. The van der Waals surface area contributed by atoms with Crippen molar-refractivity contribution < 1.29 is 18.5 Å². The standard InChI is InChI=1S/C24H26FN3O3/c1-14(2)22(24(30)26-13-17-7-9-18(25)10-8-17)27-23(29)20-12-21(31-28-20)19-11-15(3)5-6-16(19)4/h5-12,14,22H,13H2,1-4H3,(H,26,30)(H,27,29). The fraction of sp³-hybridized carbons (Fsp3) is 0.292. The highest BCUT2D eigenvalue weighted by molar-refractivity contribution is 5.96. The number of benzene rings is 2. The Labute approximate surface area is 180 Å². The van der Waals surface area contributed by atoms with Gasteiger partial charge >= 0.3 is 0 Å². The van der Waals surface area contributed by atoms with Crippen LogP contribution in [0.4, 0.5) is 4.39 Å².